The number of carbonyl (C=O) groups is 1. The highest BCUT2D eigenvalue weighted by Crippen LogP contribution is 2.00. The van der Waals surface area contributed by atoms with Crippen molar-refractivity contribution in [2.45, 2.75) is 39.3 Å². The van der Waals surface area contributed by atoms with Crippen LogP contribution in [0, 0.1) is 0 Å². The fraction of sp³-hybridized carbons (Fsp3) is 0.533. The molecular formula is C15H24N2O2. The van der Waals surface area contributed by atoms with Crippen LogP contribution < -0.4 is 10.6 Å². The van der Waals surface area contributed by atoms with E-state index in [0.29, 0.717) is 19.2 Å². The van der Waals surface area contributed by atoms with Crippen molar-refractivity contribution in [1.82, 2.24) is 10.6 Å². The zero-order valence-electron chi connectivity index (χ0n) is 11.8. The van der Waals surface area contributed by atoms with Crippen molar-refractivity contribution in [3.63, 3.8) is 0 Å². The fourth-order valence-electron chi connectivity index (χ4n) is 1.79. The van der Waals surface area contributed by atoms with Gasteiger partial charge in [-0.15, -0.1) is 0 Å². The molecule has 0 aromatic heterocycles. The molecule has 0 fully saturated rings. The third-order valence-corrected chi connectivity index (χ3v) is 3.03. The third kappa shape index (κ3) is 6.82. The molecule has 2 N–H and O–H groups in total. The molecule has 0 bridgehead atoms. The van der Waals surface area contributed by atoms with E-state index in [4.69, 9.17) is 4.74 Å². The van der Waals surface area contributed by atoms with Gasteiger partial charge < -0.3 is 15.4 Å². The maximum absolute atomic E-state index is 11.4. The summed E-state index contributed by atoms with van der Waals surface area (Å²) in [5, 5.41) is 6.11. The molecule has 1 rings (SSSR count). The highest BCUT2D eigenvalue weighted by atomic mass is 16.5. The number of alkyl carbamates (subject to hydrolysis) is 1. The highest BCUT2D eigenvalue weighted by molar-refractivity contribution is 5.67. The second-order valence-electron chi connectivity index (χ2n) is 4.46. The van der Waals surface area contributed by atoms with Gasteiger partial charge in [-0.2, -0.15) is 0 Å². The second kappa shape index (κ2) is 9.39. The van der Waals surface area contributed by atoms with Crippen molar-refractivity contribution >= 4 is 6.09 Å². The Morgan fingerprint density at radius 1 is 1.16 bits per heavy atom. The quantitative estimate of drug-likeness (QED) is 0.710. The highest BCUT2D eigenvalue weighted by Gasteiger charge is 2.03. The second-order valence-corrected chi connectivity index (χ2v) is 4.46. The number of benzene rings is 1. The lowest BCUT2D eigenvalue weighted by Gasteiger charge is -2.14. The Labute approximate surface area is 115 Å². The maximum atomic E-state index is 11.4. The Balaban J connectivity index is 2.08. The van der Waals surface area contributed by atoms with Gasteiger partial charge in [0.2, 0.25) is 0 Å². The summed E-state index contributed by atoms with van der Waals surface area (Å²) in [6.07, 6.45) is 1.85. The lowest BCUT2D eigenvalue weighted by Crippen LogP contribution is -2.36. The van der Waals surface area contributed by atoms with Crippen LogP contribution in [0.3, 0.4) is 0 Å². The molecule has 0 saturated heterocycles. The molecular weight excluding hydrogens is 240 g/mol. The SMILES string of the molecule is CCC(CC)NCCNC(=O)OCc1ccccc1. The van der Waals surface area contributed by atoms with Crippen LogP contribution in [0.2, 0.25) is 0 Å². The standard InChI is InChI=1S/C15H24N2O2/c1-3-14(4-2)16-10-11-17-15(18)19-12-13-8-6-5-7-9-13/h5-9,14,16H,3-4,10-12H2,1-2H3,(H,17,18). The van der Waals surface area contributed by atoms with Crippen LogP contribution in [0.1, 0.15) is 32.3 Å². The largest absolute Gasteiger partial charge is 0.445 e. The predicted molar refractivity (Wildman–Crippen MR) is 77.0 cm³/mol. The van der Waals surface area contributed by atoms with E-state index < -0.39 is 0 Å². The summed E-state index contributed by atoms with van der Waals surface area (Å²) in [7, 11) is 0. The number of hydrogen-bond donors (Lipinski definition) is 2. The summed E-state index contributed by atoms with van der Waals surface area (Å²) < 4.78 is 5.11. The molecule has 0 saturated carbocycles. The summed E-state index contributed by atoms with van der Waals surface area (Å²) in [6.45, 7) is 5.98. The van der Waals surface area contributed by atoms with Gasteiger partial charge in [-0.05, 0) is 18.4 Å². The molecule has 1 aromatic carbocycles. The van der Waals surface area contributed by atoms with Gasteiger partial charge in [0, 0.05) is 19.1 Å². The summed E-state index contributed by atoms with van der Waals surface area (Å²) in [5.74, 6) is 0. The van der Waals surface area contributed by atoms with Crippen molar-refractivity contribution < 1.29 is 9.53 Å². The minimum Gasteiger partial charge on any atom is -0.445 e. The van der Waals surface area contributed by atoms with E-state index in [-0.39, 0.29) is 6.09 Å². The lowest BCUT2D eigenvalue weighted by molar-refractivity contribution is 0.139. The first-order valence-corrected chi connectivity index (χ1v) is 6.94. The van der Waals surface area contributed by atoms with Crippen LogP contribution >= 0.6 is 0 Å². The molecule has 0 atom stereocenters. The predicted octanol–water partition coefficient (Wildman–Crippen LogP) is 2.69. The molecule has 0 spiro atoms. The van der Waals surface area contributed by atoms with Crippen molar-refractivity contribution in [3.8, 4) is 0 Å². The topological polar surface area (TPSA) is 50.4 Å². The molecule has 0 aliphatic carbocycles. The van der Waals surface area contributed by atoms with Crippen LogP contribution in [0.25, 0.3) is 0 Å². The lowest BCUT2D eigenvalue weighted by atomic mass is 10.2. The molecule has 0 unspecified atom stereocenters. The number of rotatable bonds is 8. The average Bonchev–Trinajstić information content (AvgIpc) is 2.46. The fourth-order valence-corrected chi connectivity index (χ4v) is 1.79. The van der Waals surface area contributed by atoms with E-state index >= 15 is 0 Å². The number of amides is 1. The molecule has 0 aliphatic heterocycles. The Kier molecular flexibility index (Phi) is 7.66. The summed E-state index contributed by atoms with van der Waals surface area (Å²) in [4.78, 5) is 11.4. The minimum atomic E-state index is -0.366. The Bertz CT molecular complexity index is 350. The monoisotopic (exact) mass is 264 g/mol. The molecule has 4 heteroatoms. The summed E-state index contributed by atoms with van der Waals surface area (Å²) in [6, 6.07) is 10.2. The Morgan fingerprint density at radius 2 is 1.84 bits per heavy atom. The normalized spacial score (nSPS) is 10.5. The van der Waals surface area contributed by atoms with E-state index in [1.54, 1.807) is 0 Å². The van der Waals surface area contributed by atoms with E-state index in [1.165, 1.54) is 0 Å². The van der Waals surface area contributed by atoms with Gasteiger partial charge in [0.05, 0.1) is 0 Å². The Morgan fingerprint density at radius 3 is 2.47 bits per heavy atom. The molecule has 106 valence electrons. The van der Waals surface area contributed by atoms with Crippen LogP contribution in [0.15, 0.2) is 30.3 Å². The van der Waals surface area contributed by atoms with E-state index in [2.05, 4.69) is 24.5 Å². The molecule has 1 amide bonds. The van der Waals surface area contributed by atoms with Gasteiger partial charge in [0.15, 0.2) is 0 Å². The molecule has 0 radical (unpaired) electrons. The van der Waals surface area contributed by atoms with Gasteiger partial charge in [0.1, 0.15) is 6.61 Å². The van der Waals surface area contributed by atoms with Gasteiger partial charge in [-0.3, -0.25) is 0 Å². The van der Waals surface area contributed by atoms with Gasteiger partial charge >= 0.3 is 6.09 Å². The van der Waals surface area contributed by atoms with E-state index in [0.717, 1.165) is 24.9 Å². The van der Waals surface area contributed by atoms with Gasteiger partial charge in [-0.1, -0.05) is 44.2 Å². The number of ether oxygens (including phenoxy) is 1. The van der Waals surface area contributed by atoms with Crippen LogP contribution in [-0.4, -0.2) is 25.2 Å². The number of carbonyl (C=O) groups excluding carboxylic acids is 1. The van der Waals surface area contributed by atoms with Gasteiger partial charge in [0.25, 0.3) is 0 Å². The zero-order chi connectivity index (χ0) is 13.9. The minimum absolute atomic E-state index is 0.312. The first kappa shape index (κ1) is 15.5. The van der Waals surface area contributed by atoms with Crippen LogP contribution in [0.5, 0.6) is 0 Å². The smallest absolute Gasteiger partial charge is 0.407 e. The van der Waals surface area contributed by atoms with Gasteiger partial charge in [-0.25, -0.2) is 4.79 Å². The molecule has 1 aromatic rings. The maximum Gasteiger partial charge on any atom is 0.407 e. The zero-order valence-corrected chi connectivity index (χ0v) is 11.8. The summed E-state index contributed by atoms with van der Waals surface area (Å²) >= 11 is 0. The van der Waals surface area contributed by atoms with Crippen molar-refractivity contribution in [3.05, 3.63) is 35.9 Å². The van der Waals surface area contributed by atoms with Crippen molar-refractivity contribution in [2.24, 2.45) is 0 Å². The first-order chi connectivity index (χ1) is 9.26. The number of nitrogens with one attached hydrogen (secondary N) is 2. The van der Waals surface area contributed by atoms with E-state index in [9.17, 15) is 4.79 Å². The molecule has 0 heterocycles. The number of hydrogen-bond acceptors (Lipinski definition) is 3. The van der Waals surface area contributed by atoms with Crippen LogP contribution in [0.4, 0.5) is 4.79 Å². The first-order valence-electron chi connectivity index (χ1n) is 6.94. The third-order valence-electron chi connectivity index (χ3n) is 3.03. The molecule has 4 nitrogen and oxygen atoms in total. The van der Waals surface area contributed by atoms with Crippen LogP contribution in [-0.2, 0) is 11.3 Å². The van der Waals surface area contributed by atoms with Crippen molar-refractivity contribution in [1.29, 1.82) is 0 Å². The average molecular weight is 264 g/mol. The molecule has 0 aliphatic rings. The summed E-state index contributed by atoms with van der Waals surface area (Å²) in [5.41, 5.74) is 0.993. The van der Waals surface area contributed by atoms with E-state index in [1.807, 2.05) is 30.3 Å². The Hall–Kier alpha value is -1.55. The molecule has 19 heavy (non-hydrogen) atoms. The van der Waals surface area contributed by atoms with Crippen molar-refractivity contribution in [2.75, 3.05) is 13.1 Å².